The standard InChI is InChI=1S/C22H25F3N4O3/c1-32-17-4-2-3-16(13-17)27-19(31)29-21(11-12-21)20(9-10-20)28-18(30)26-15-7-5-14(6-8-15)22(23,24)25/h2-5,7,13H,6,8-12H2,1H3,(H2,26,28,30)(H2,27,29,31). The van der Waals surface area contributed by atoms with Crippen LogP contribution in [-0.2, 0) is 0 Å². The number of urea groups is 2. The fourth-order valence-electron chi connectivity index (χ4n) is 4.15. The first-order chi connectivity index (χ1) is 15.1. The quantitative estimate of drug-likeness (QED) is 0.519. The van der Waals surface area contributed by atoms with Gasteiger partial charge in [0, 0.05) is 23.0 Å². The molecule has 172 valence electrons. The number of methoxy groups -OCH3 is 1. The van der Waals surface area contributed by atoms with E-state index in [2.05, 4.69) is 21.3 Å². The Balaban J connectivity index is 1.33. The summed E-state index contributed by atoms with van der Waals surface area (Å²) >= 11 is 0. The van der Waals surface area contributed by atoms with Gasteiger partial charge in [0.15, 0.2) is 0 Å². The molecular formula is C22H25F3N4O3. The van der Waals surface area contributed by atoms with Gasteiger partial charge in [0.25, 0.3) is 0 Å². The van der Waals surface area contributed by atoms with Crippen molar-refractivity contribution >= 4 is 17.7 Å². The first-order valence-corrected chi connectivity index (χ1v) is 10.4. The number of allylic oxidation sites excluding steroid dienone is 4. The van der Waals surface area contributed by atoms with Crippen molar-refractivity contribution in [1.82, 2.24) is 16.0 Å². The number of nitrogens with one attached hydrogen (secondary N) is 4. The van der Waals surface area contributed by atoms with Gasteiger partial charge in [-0.15, -0.1) is 0 Å². The zero-order chi connectivity index (χ0) is 23.0. The fourth-order valence-corrected chi connectivity index (χ4v) is 4.15. The highest BCUT2D eigenvalue weighted by molar-refractivity contribution is 5.90. The molecular weight excluding hydrogens is 425 g/mol. The number of anilines is 1. The third kappa shape index (κ3) is 4.68. The van der Waals surface area contributed by atoms with Crippen LogP contribution in [0.15, 0.2) is 47.7 Å². The zero-order valence-electron chi connectivity index (χ0n) is 17.6. The Morgan fingerprint density at radius 2 is 1.56 bits per heavy atom. The van der Waals surface area contributed by atoms with Gasteiger partial charge in [-0.05, 0) is 56.7 Å². The van der Waals surface area contributed by atoms with E-state index in [1.54, 1.807) is 31.4 Å². The summed E-state index contributed by atoms with van der Waals surface area (Å²) in [5, 5.41) is 11.4. The molecule has 0 heterocycles. The monoisotopic (exact) mass is 450 g/mol. The Hall–Kier alpha value is -3.17. The second kappa shape index (κ2) is 8.07. The summed E-state index contributed by atoms with van der Waals surface area (Å²) in [7, 11) is 1.54. The highest BCUT2D eigenvalue weighted by Gasteiger charge is 2.67. The van der Waals surface area contributed by atoms with Crippen LogP contribution in [0.2, 0.25) is 0 Å². The molecule has 3 aliphatic carbocycles. The van der Waals surface area contributed by atoms with Crippen LogP contribution in [0, 0.1) is 0 Å². The molecule has 0 radical (unpaired) electrons. The van der Waals surface area contributed by atoms with E-state index in [1.165, 1.54) is 6.08 Å². The molecule has 0 spiro atoms. The molecule has 0 bridgehead atoms. The van der Waals surface area contributed by atoms with Gasteiger partial charge in [-0.1, -0.05) is 12.1 Å². The number of alkyl halides is 3. The van der Waals surface area contributed by atoms with Crippen LogP contribution < -0.4 is 26.0 Å². The summed E-state index contributed by atoms with van der Waals surface area (Å²) in [5.74, 6) is 0.621. The molecule has 4 amide bonds. The summed E-state index contributed by atoms with van der Waals surface area (Å²) in [6.45, 7) is 0. The molecule has 32 heavy (non-hydrogen) atoms. The Kier molecular flexibility index (Phi) is 5.56. The van der Waals surface area contributed by atoms with Crippen LogP contribution in [0.5, 0.6) is 5.75 Å². The van der Waals surface area contributed by atoms with Crippen molar-refractivity contribution in [2.75, 3.05) is 12.4 Å². The van der Waals surface area contributed by atoms with Crippen LogP contribution in [0.25, 0.3) is 0 Å². The number of amides is 4. The van der Waals surface area contributed by atoms with Crippen LogP contribution in [0.3, 0.4) is 0 Å². The van der Waals surface area contributed by atoms with Crippen molar-refractivity contribution in [3.05, 3.63) is 47.7 Å². The van der Waals surface area contributed by atoms with Gasteiger partial charge in [0.05, 0.1) is 18.2 Å². The van der Waals surface area contributed by atoms with Crippen molar-refractivity contribution in [3.8, 4) is 5.75 Å². The summed E-state index contributed by atoms with van der Waals surface area (Å²) in [6, 6.07) is 6.14. The predicted octanol–water partition coefficient (Wildman–Crippen LogP) is 4.35. The van der Waals surface area contributed by atoms with E-state index in [9.17, 15) is 22.8 Å². The van der Waals surface area contributed by atoms with Gasteiger partial charge in [0.2, 0.25) is 0 Å². The van der Waals surface area contributed by atoms with Crippen LogP contribution in [0.4, 0.5) is 28.4 Å². The Morgan fingerprint density at radius 1 is 0.938 bits per heavy atom. The average molecular weight is 450 g/mol. The lowest BCUT2D eigenvalue weighted by Crippen LogP contribution is -2.58. The molecule has 10 heteroatoms. The lowest BCUT2D eigenvalue weighted by molar-refractivity contribution is -0.0941. The SMILES string of the molecule is COc1cccc(NC(=O)NC2(C3(NC(=O)NC4=CC=C(C(F)(F)F)CC4)CC3)CC2)c1. The number of benzene rings is 1. The molecule has 7 nitrogen and oxygen atoms in total. The number of rotatable bonds is 6. The summed E-state index contributed by atoms with van der Waals surface area (Å²) in [6.07, 6.45) is 0.788. The Bertz CT molecular complexity index is 979. The van der Waals surface area contributed by atoms with E-state index >= 15 is 0 Å². The maximum Gasteiger partial charge on any atom is 0.412 e. The molecule has 1 aromatic rings. The molecule has 0 unspecified atom stereocenters. The predicted molar refractivity (Wildman–Crippen MR) is 112 cm³/mol. The molecule has 4 N–H and O–H groups in total. The van der Waals surface area contributed by atoms with Crippen LogP contribution in [0.1, 0.15) is 38.5 Å². The number of hydrogen-bond acceptors (Lipinski definition) is 3. The molecule has 0 aliphatic heterocycles. The molecule has 0 saturated heterocycles. The summed E-state index contributed by atoms with van der Waals surface area (Å²) in [4.78, 5) is 25.1. The topological polar surface area (TPSA) is 91.5 Å². The van der Waals surface area contributed by atoms with E-state index in [0.717, 1.165) is 31.8 Å². The van der Waals surface area contributed by atoms with Crippen molar-refractivity contribution < 1.29 is 27.5 Å². The van der Waals surface area contributed by atoms with Gasteiger partial charge in [-0.3, -0.25) is 0 Å². The minimum Gasteiger partial charge on any atom is -0.497 e. The largest absolute Gasteiger partial charge is 0.497 e. The van der Waals surface area contributed by atoms with Gasteiger partial charge in [0.1, 0.15) is 5.75 Å². The van der Waals surface area contributed by atoms with Crippen molar-refractivity contribution in [3.63, 3.8) is 0 Å². The molecule has 2 saturated carbocycles. The number of carbonyl (C=O) groups excluding carboxylic acids is 2. The zero-order valence-corrected chi connectivity index (χ0v) is 17.6. The third-order valence-electron chi connectivity index (χ3n) is 6.24. The van der Waals surface area contributed by atoms with E-state index in [-0.39, 0.29) is 18.9 Å². The van der Waals surface area contributed by atoms with Gasteiger partial charge in [-0.25, -0.2) is 9.59 Å². The lowest BCUT2D eigenvalue weighted by Gasteiger charge is -2.29. The third-order valence-corrected chi connectivity index (χ3v) is 6.24. The summed E-state index contributed by atoms with van der Waals surface area (Å²) in [5.41, 5.74) is -0.670. The number of hydrogen-bond donors (Lipinski definition) is 4. The van der Waals surface area contributed by atoms with E-state index < -0.39 is 28.9 Å². The minimum absolute atomic E-state index is 0.109. The van der Waals surface area contributed by atoms with Crippen molar-refractivity contribution in [2.45, 2.75) is 55.8 Å². The van der Waals surface area contributed by atoms with Crippen LogP contribution in [-0.4, -0.2) is 36.4 Å². The number of halogens is 3. The van der Waals surface area contributed by atoms with E-state index in [4.69, 9.17) is 4.74 Å². The van der Waals surface area contributed by atoms with Crippen molar-refractivity contribution in [1.29, 1.82) is 0 Å². The second-order valence-corrected chi connectivity index (χ2v) is 8.44. The van der Waals surface area contributed by atoms with E-state index in [0.29, 0.717) is 17.1 Å². The lowest BCUT2D eigenvalue weighted by atomic mass is 10.0. The fraction of sp³-hybridized carbons (Fsp3) is 0.455. The number of carbonyl (C=O) groups is 2. The second-order valence-electron chi connectivity index (χ2n) is 8.44. The van der Waals surface area contributed by atoms with Gasteiger partial charge >= 0.3 is 18.2 Å². The highest BCUT2D eigenvalue weighted by atomic mass is 19.4. The molecule has 2 fully saturated rings. The van der Waals surface area contributed by atoms with Gasteiger partial charge in [-0.2, -0.15) is 13.2 Å². The average Bonchev–Trinajstić information content (AvgIpc) is 3.65. The first kappa shape index (κ1) is 22.0. The van der Waals surface area contributed by atoms with E-state index in [1.807, 2.05) is 0 Å². The summed E-state index contributed by atoms with van der Waals surface area (Å²) < 4.78 is 43.4. The Labute approximate surface area is 183 Å². The maximum atomic E-state index is 12.7. The smallest absolute Gasteiger partial charge is 0.412 e. The molecule has 0 aromatic heterocycles. The molecule has 1 aromatic carbocycles. The highest BCUT2D eigenvalue weighted by Crippen LogP contribution is 2.57. The minimum atomic E-state index is -4.35. The molecule has 4 rings (SSSR count). The molecule has 0 atom stereocenters. The first-order valence-electron chi connectivity index (χ1n) is 10.4. The Morgan fingerprint density at radius 3 is 2.06 bits per heavy atom. The molecule has 3 aliphatic rings. The van der Waals surface area contributed by atoms with Crippen LogP contribution >= 0.6 is 0 Å². The maximum absolute atomic E-state index is 12.7. The van der Waals surface area contributed by atoms with Crippen molar-refractivity contribution in [2.24, 2.45) is 0 Å². The normalized spacial score (nSPS) is 20.2. The number of ether oxygens (including phenoxy) is 1. The van der Waals surface area contributed by atoms with Gasteiger partial charge < -0.3 is 26.0 Å².